The molecular formula is C29H29N7O2. The van der Waals surface area contributed by atoms with Crippen molar-refractivity contribution < 1.29 is 9.59 Å². The summed E-state index contributed by atoms with van der Waals surface area (Å²) in [6.07, 6.45) is 4.92. The summed E-state index contributed by atoms with van der Waals surface area (Å²) in [7, 11) is 1.80. The second-order valence-electron chi connectivity index (χ2n) is 10.0. The number of nitrogens with one attached hydrogen (secondary N) is 3. The van der Waals surface area contributed by atoms with Crippen LogP contribution >= 0.6 is 0 Å². The van der Waals surface area contributed by atoms with Crippen LogP contribution in [-0.4, -0.2) is 47.8 Å². The lowest BCUT2D eigenvalue weighted by atomic mass is 9.94. The molecule has 9 nitrogen and oxygen atoms in total. The summed E-state index contributed by atoms with van der Waals surface area (Å²) >= 11 is 0. The molecular weight excluding hydrogens is 478 g/mol. The van der Waals surface area contributed by atoms with E-state index in [0.717, 1.165) is 46.0 Å². The number of fused-ring (bicyclic) bond motifs is 3. The van der Waals surface area contributed by atoms with Crippen LogP contribution in [0, 0.1) is 19.3 Å². The van der Waals surface area contributed by atoms with E-state index in [1.54, 1.807) is 7.05 Å². The van der Waals surface area contributed by atoms with Crippen molar-refractivity contribution in [1.82, 2.24) is 9.97 Å². The molecule has 1 aliphatic carbocycles. The molecule has 0 saturated heterocycles. The predicted molar refractivity (Wildman–Crippen MR) is 150 cm³/mol. The van der Waals surface area contributed by atoms with Crippen molar-refractivity contribution in [3.63, 3.8) is 0 Å². The number of carbonyl (C=O) groups is 2. The monoisotopic (exact) mass is 507 g/mol. The molecule has 0 atom stereocenters. The van der Waals surface area contributed by atoms with Crippen LogP contribution in [-0.2, 0) is 9.59 Å². The van der Waals surface area contributed by atoms with Gasteiger partial charge in [-0.3, -0.25) is 14.6 Å². The van der Waals surface area contributed by atoms with Crippen molar-refractivity contribution in [3.8, 4) is 0 Å². The third-order valence-electron chi connectivity index (χ3n) is 7.37. The van der Waals surface area contributed by atoms with E-state index in [-0.39, 0.29) is 11.8 Å². The second-order valence-corrected chi connectivity index (χ2v) is 10.0. The largest absolute Gasteiger partial charge is 0.357 e. The molecule has 0 unspecified atom stereocenters. The molecule has 0 spiro atoms. The van der Waals surface area contributed by atoms with Crippen molar-refractivity contribution in [1.29, 1.82) is 0 Å². The fourth-order valence-corrected chi connectivity index (χ4v) is 4.93. The van der Waals surface area contributed by atoms with E-state index in [1.165, 1.54) is 0 Å². The summed E-state index contributed by atoms with van der Waals surface area (Å²) in [4.78, 5) is 42.3. The highest BCUT2D eigenvalue weighted by molar-refractivity contribution is 6.36. The number of aryl methyl sites for hydroxylation is 2. The standard InChI is InChI=1S/C29H29N7O2/c1-17-4-7-20(8-5-17)33-26(37)29(10-11-29)27(38)34-21-9-6-18(2)22(15-21)23-14-19-16-32-28(30-3)35-24(19)36-13-12-31-25(23)36/h4-9,14-16H,10-13H2,1-3H3,(H,33,37)(H,34,38)(H,30,32,35). The molecule has 0 bridgehead atoms. The number of amides is 2. The first-order valence-corrected chi connectivity index (χ1v) is 12.8. The van der Waals surface area contributed by atoms with Gasteiger partial charge in [0.25, 0.3) is 0 Å². The number of anilines is 4. The Morgan fingerprint density at radius 2 is 1.68 bits per heavy atom. The molecule has 192 valence electrons. The van der Waals surface area contributed by atoms with Gasteiger partial charge < -0.3 is 20.9 Å². The molecule has 1 aromatic heterocycles. The molecule has 3 aromatic rings. The fourth-order valence-electron chi connectivity index (χ4n) is 4.93. The van der Waals surface area contributed by atoms with E-state index >= 15 is 0 Å². The minimum Gasteiger partial charge on any atom is -0.357 e. The fraction of sp³-hybridized carbons (Fsp3) is 0.276. The van der Waals surface area contributed by atoms with Gasteiger partial charge >= 0.3 is 0 Å². The van der Waals surface area contributed by atoms with E-state index in [0.29, 0.717) is 36.7 Å². The van der Waals surface area contributed by atoms with Crippen LogP contribution in [0.25, 0.3) is 11.6 Å². The third-order valence-corrected chi connectivity index (χ3v) is 7.37. The van der Waals surface area contributed by atoms with Gasteiger partial charge in [0, 0.05) is 42.3 Å². The number of rotatable bonds is 6. The normalized spacial score (nSPS) is 16.6. The lowest BCUT2D eigenvalue weighted by Gasteiger charge is -2.28. The lowest BCUT2D eigenvalue weighted by Crippen LogP contribution is -2.35. The number of benzene rings is 2. The van der Waals surface area contributed by atoms with Gasteiger partial charge in [0.1, 0.15) is 17.1 Å². The first-order valence-electron chi connectivity index (χ1n) is 12.8. The summed E-state index contributed by atoms with van der Waals surface area (Å²) in [5, 5.41) is 8.91. The smallest absolute Gasteiger partial charge is 0.240 e. The number of nitrogens with zero attached hydrogens (tertiary/aromatic N) is 4. The van der Waals surface area contributed by atoms with Crippen LogP contribution < -0.4 is 20.9 Å². The molecule has 1 saturated carbocycles. The molecule has 2 aromatic carbocycles. The third kappa shape index (κ3) is 4.09. The quantitative estimate of drug-likeness (QED) is 0.430. The van der Waals surface area contributed by atoms with Gasteiger partial charge in [0.05, 0.1) is 6.54 Å². The van der Waals surface area contributed by atoms with E-state index < -0.39 is 5.41 Å². The topological polar surface area (TPSA) is 112 Å². The van der Waals surface area contributed by atoms with Gasteiger partial charge in [0.2, 0.25) is 17.8 Å². The van der Waals surface area contributed by atoms with Crippen LogP contribution in [0.3, 0.4) is 0 Å². The van der Waals surface area contributed by atoms with Gasteiger partial charge in [-0.25, -0.2) is 4.98 Å². The van der Waals surface area contributed by atoms with Gasteiger partial charge in [-0.15, -0.1) is 0 Å². The highest BCUT2D eigenvalue weighted by atomic mass is 16.2. The molecule has 38 heavy (non-hydrogen) atoms. The average molecular weight is 508 g/mol. The first kappa shape index (κ1) is 23.8. The molecule has 3 aliphatic rings. The Morgan fingerprint density at radius 3 is 2.39 bits per heavy atom. The van der Waals surface area contributed by atoms with Gasteiger partial charge in [0.15, 0.2) is 0 Å². The Bertz CT molecular complexity index is 1520. The number of hydrogen-bond acceptors (Lipinski definition) is 7. The van der Waals surface area contributed by atoms with Crippen LogP contribution in [0.5, 0.6) is 0 Å². The number of aliphatic imine (C=N–C) groups is 1. The highest BCUT2D eigenvalue weighted by Gasteiger charge is 2.56. The average Bonchev–Trinajstić information content (AvgIpc) is 3.60. The summed E-state index contributed by atoms with van der Waals surface area (Å²) in [5.41, 5.74) is 5.28. The van der Waals surface area contributed by atoms with Crippen molar-refractivity contribution in [2.75, 3.05) is 41.0 Å². The van der Waals surface area contributed by atoms with Crippen molar-refractivity contribution in [3.05, 3.63) is 70.9 Å². The molecule has 1 fully saturated rings. The summed E-state index contributed by atoms with van der Waals surface area (Å²) in [5.74, 6) is 1.71. The van der Waals surface area contributed by atoms with Crippen molar-refractivity contribution in [2.24, 2.45) is 10.4 Å². The summed E-state index contributed by atoms with van der Waals surface area (Å²) < 4.78 is 0. The maximum atomic E-state index is 13.3. The highest BCUT2D eigenvalue weighted by Crippen LogP contribution is 2.47. The minimum absolute atomic E-state index is 0.269. The van der Waals surface area contributed by atoms with Gasteiger partial charge in [-0.1, -0.05) is 23.8 Å². The maximum Gasteiger partial charge on any atom is 0.240 e. The second kappa shape index (κ2) is 9.09. The summed E-state index contributed by atoms with van der Waals surface area (Å²) in [6, 6.07) is 13.4. The minimum atomic E-state index is -1.05. The SMILES string of the molecule is CNc1ncc2c(n1)N1CCN=C1C(c1cc(NC(=O)C3(C(=O)Nc4ccc(C)cc4)CC3)ccc1C)=C2. The van der Waals surface area contributed by atoms with Crippen LogP contribution in [0.1, 0.15) is 35.1 Å². The molecule has 3 heterocycles. The van der Waals surface area contributed by atoms with Crippen molar-refractivity contribution in [2.45, 2.75) is 26.7 Å². The van der Waals surface area contributed by atoms with Crippen LogP contribution in [0.15, 0.2) is 53.7 Å². The van der Waals surface area contributed by atoms with Crippen LogP contribution in [0.4, 0.5) is 23.1 Å². The molecule has 3 N–H and O–H groups in total. The zero-order chi connectivity index (χ0) is 26.4. The Morgan fingerprint density at radius 1 is 0.974 bits per heavy atom. The Kier molecular flexibility index (Phi) is 5.71. The summed E-state index contributed by atoms with van der Waals surface area (Å²) in [6.45, 7) is 5.45. The Hall–Kier alpha value is -4.53. The van der Waals surface area contributed by atoms with E-state index in [9.17, 15) is 9.59 Å². The number of amidine groups is 1. The molecule has 9 heteroatoms. The Balaban J connectivity index is 1.27. The van der Waals surface area contributed by atoms with Gasteiger partial charge in [-0.05, 0) is 68.2 Å². The maximum absolute atomic E-state index is 13.3. The number of carbonyl (C=O) groups excluding carboxylic acids is 2. The van der Waals surface area contributed by atoms with Crippen LogP contribution in [0.2, 0.25) is 0 Å². The number of hydrogen-bond donors (Lipinski definition) is 3. The molecule has 6 rings (SSSR count). The Labute approximate surface area is 221 Å². The molecule has 2 aliphatic heterocycles. The predicted octanol–water partition coefficient (Wildman–Crippen LogP) is 4.27. The molecule has 2 amide bonds. The van der Waals surface area contributed by atoms with Crippen molar-refractivity contribution >= 4 is 52.4 Å². The van der Waals surface area contributed by atoms with E-state index in [2.05, 4.69) is 36.9 Å². The first-order chi connectivity index (χ1) is 18.4. The van der Waals surface area contributed by atoms with E-state index in [4.69, 9.17) is 4.99 Å². The number of aromatic nitrogens is 2. The lowest BCUT2D eigenvalue weighted by molar-refractivity contribution is -0.131. The van der Waals surface area contributed by atoms with E-state index in [1.807, 2.05) is 62.5 Å². The zero-order valence-electron chi connectivity index (χ0n) is 21.6. The van der Waals surface area contributed by atoms with Gasteiger partial charge in [-0.2, -0.15) is 4.98 Å². The molecule has 0 radical (unpaired) electrons. The zero-order valence-corrected chi connectivity index (χ0v) is 21.6.